The van der Waals surface area contributed by atoms with Crippen molar-refractivity contribution in [2.24, 2.45) is 5.73 Å². The molecule has 0 aliphatic carbocycles. The van der Waals surface area contributed by atoms with Gasteiger partial charge in [-0.15, -0.1) is 0 Å². The molecule has 0 saturated carbocycles. The van der Waals surface area contributed by atoms with Crippen LogP contribution in [0.25, 0.3) is 0 Å². The molecule has 0 aliphatic rings. The van der Waals surface area contributed by atoms with Crippen LogP contribution in [0.15, 0.2) is 0 Å². The molecular weight excluding hydrogens is 130 g/mol. The first-order chi connectivity index (χ1) is 4.79. The third-order valence-corrected chi connectivity index (χ3v) is 1.19. The van der Waals surface area contributed by atoms with Crippen molar-refractivity contribution in [2.75, 3.05) is 5.73 Å². The number of nitrogen functional groups attached to an aromatic ring is 1. The standard InChI is InChI=1S/C5H7N5/c6-1-3-4(2-7)9-10-5(3)8/h2,7H2,(H3,8,9,10). The molecule has 52 valence electrons. The van der Waals surface area contributed by atoms with Crippen LogP contribution in [0.2, 0.25) is 0 Å². The van der Waals surface area contributed by atoms with E-state index in [1.54, 1.807) is 0 Å². The number of anilines is 1. The van der Waals surface area contributed by atoms with Crippen LogP contribution in [0.5, 0.6) is 0 Å². The molecule has 1 aromatic rings. The molecule has 5 nitrogen and oxygen atoms in total. The Kier molecular flexibility index (Phi) is 1.56. The molecule has 0 bridgehead atoms. The number of H-pyrrole nitrogens is 1. The van der Waals surface area contributed by atoms with Crippen LogP contribution in [-0.4, -0.2) is 10.2 Å². The van der Waals surface area contributed by atoms with E-state index >= 15 is 0 Å². The second-order valence-corrected chi connectivity index (χ2v) is 1.78. The highest BCUT2D eigenvalue weighted by Gasteiger charge is 2.06. The third-order valence-electron chi connectivity index (χ3n) is 1.19. The van der Waals surface area contributed by atoms with Crippen molar-refractivity contribution in [3.8, 4) is 6.07 Å². The zero-order valence-corrected chi connectivity index (χ0v) is 5.26. The fraction of sp³-hybridized carbons (Fsp3) is 0.200. The zero-order valence-electron chi connectivity index (χ0n) is 5.26. The molecule has 10 heavy (non-hydrogen) atoms. The van der Waals surface area contributed by atoms with Crippen LogP contribution in [0, 0.1) is 11.3 Å². The van der Waals surface area contributed by atoms with Gasteiger partial charge in [-0.25, -0.2) is 0 Å². The predicted molar refractivity (Wildman–Crippen MR) is 35.6 cm³/mol. The summed E-state index contributed by atoms with van der Waals surface area (Å²) < 4.78 is 0. The minimum atomic E-state index is 0.211. The fourth-order valence-corrected chi connectivity index (χ4v) is 0.667. The second kappa shape index (κ2) is 2.37. The Morgan fingerprint density at radius 2 is 2.40 bits per heavy atom. The summed E-state index contributed by atoms with van der Waals surface area (Å²) in [5, 5.41) is 14.6. The molecule has 0 amide bonds. The quantitative estimate of drug-likeness (QED) is 0.477. The fourth-order valence-electron chi connectivity index (χ4n) is 0.667. The van der Waals surface area contributed by atoms with Gasteiger partial charge in [-0.3, -0.25) is 5.10 Å². The second-order valence-electron chi connectivity index (χ2n) is 1.78. The van der Waals surface area contributed by atoms with Crippen LogP contribution in [0.1, 0.15) is 11.3 Å². The van der Waals surface area contributed by atoms with E-state index in [-0.39, 0.29) is 12.4 Å². The summed E-state index contributed by atoms with van der Waals surface area (Å²) in [6, 6.07) is 1.90. The zero-order chi connectivity index (χ0) is 7.56. The Hall–Kier alpha value is -1.54. The lowest BCUT2D eigenvalue weighted by Crippen LogP contribution is -1.99. The summed E-state index contributed by atoms with van der Waals surface area (Å²) in [5.41, 5.74) is 11.5. The molecule has 0 radical (unpaired) electrons. The number of nitrogens with two attached hydrogens (primary N) is 2. The van der Waals surface area contributed by atoms with E-state index in [0.717, 1.165) is 0 Å². The van der Waals surface area contributed by atoms with Crippen LogP contribution in [-0.2, 0) is 6.54 Å². The number of hydrogen-bond acceptors (Lipinski definition) is 4. The Bertz CT molecular complexity index is 268. The Morgan fingerprint density at radius 3 is 2.80 bits per heavy atom. The van der Waals surface area contributed by atoms with Crippen molar-refractivity contribution in [3.05, 3.63) is 11.3 Å². The van der Waals surface area contributed by atoms with Gasteiger partial charge in [0.1, 0.15) is 11.6 Å². The van der Waals surface area contributed by atoms with Crippen LogP contribution < -0.4 is 11.5 Å². The van der Waals surface area contributed by atoms with E-state index in [1.165, 1.54) is 0 Å². The summed E-state index contributed by atoms with van der Waals surface area (Å²) in [6.07, 6.45) is 0. The van der Waals surface area contributed by atoms with Crippen molar-refractivity contribution in [1.82, 2.24) is 10.2 Å². The van der Waals surface area contributed by atoms with Crippen molar-refractivity contribution in [2.45, 2.75) is 6.54 Å². The highest BCUT2D eigenvalue weighted by atomic mass is 15.2. The minimum absolute atomic E-state index is 0.211. The van der Waals surface area contributed by atoms with Crippen molar-refractivity contribution in [3.63, 3.8) is 0 Å². The summed E-state index contributed by atoms with van der Waals surface area (Å²) in [6.45, 7) is 0.257. The maximum atomic E-state index is 8.47. The lowest BCUT2D eigenvalue weighted by atomic mass is 10.2. The average Bonchev–Trinajstić information content (AvgIpc) is 2.30. The number of hydrogen-bond donors (Lipinski definition) is 3. The number of nitrogens with one attached hydrogen (secondary N) is 1. The number of aromatic amines is 1. The van der Waals surface area contributed by atoms with Crippen LogP contribution in [0.4, 0.5) is 5.82 Å². The lowest BCUT2D eigenvalue weighted by molar-refractivity contribution is 0.946. The summed E-state index contributed by atoms with van der Waals surface area (Å²) in [4.78, 5) is 0. The minimum Gasteiger partial charge on any atom is -0.381 e. The first-order valence-electron chi connectivity index (χ1n) is 2.72. The molecule has 5 heteroatoms. The van der Waals surface area contributed by atoms with Gasteiger partial charge in [0.05, 0.1) is 5.69 Å². The molecule has 1 rings (SSSR count). The normalized spacial score (nSPS) is 9.20. The van der Waals surface area contributed by atoms with E-state index in [2.05, 4.69) is 10.2 Å². The summed E-state index contributed by atoms with van der Waals surface area (Å²) in [5.74, 6) is 0.211. The Morgan fingerprint density at radius 1 is 1.70 bits per heavy atom. The smallest absolute Gasteiger partial charge is 0.163 e. The van der Waals surface area contributed by atoms with Crippen molar-refractivity contribution >= 4 is 5.82 Å². The van der Waals surface area contributed by atoms with Gasteiger partial charge >= 0.3 is 0 Å². The van der Waals surface area contributed by atoms with Gasteiger partial charge in [0.25, 0.3) is 0 Å². The SMILES string of the molecule is N#Cc1c(N)n[nH]c1CN. The topological polar surface area (TPSA) is 105 Å². The maximum Gasteiger partial charge on any atom is 0.163 e. The molecule has 0 spiro atoms. The van der Waals surface area contributed by atoms with Crippen molar-refractivity contribution < 1.29 is 0 Å². The van der Waals surface area contributed by atoms with Gasteiger partial charge in [-0.1, -0.05) is 0 Å². The van der Waals surface area contributed by atoms with Gasteiger partial charge < -0.3 is 11.5 Å². The van der Waals surface area contributed by atoms with Crippen LogP contribution in [0.3, 0.4) is 0 Å². The molecule has 0 atom stereocenters. The molecule has 5 N–H and O–H groups in total. The average molecular weight is 137 g/mol. The highest BCUT2D eigenvalue weighted by Crippen LogP contribution is 2.09. The Balaban J connectivity index is 3.17. The number of rotatable bonds is 1. The van der Waals surface area contributed by atoms with Gasteiger partial charge in [-0.05, 0) is 0 Å². The molecule has 0 aromatic carbocycles. The number of aromatic nitrogens is 2. The van der Waals surface area contributed by atoms with Gasteiger partial charge in [0.15, 0.2) is 5.82 Å². The highest BCUT2D eigenvalue weighted by molar-refractivity contribution is 5.50. The van der Waals surface area contributed by atoms with E-state index in [0.29, 0.717) is 11.3 Å². The first-order valence-corrected chi connectivity index (χ1v) is 2.72. The molecule has 0 unspecified atom stereocenters. The van der Waals surface area contributed by atoms with Crippen molar-refractivity contribution in [1.29, 1.82) is 5.26 Å². The number of nitrogens with zero attached hydrogens (tertiary/aromatic N) is 2. The summed E-state index contributed by atoms with van der Waals surface area (Å²) in [7, 11) is 0. The predicted octanol–water partition coefficient (Wildman–Crippen LogP) is -0.678. The molecule has 0 saturated heterocycles. The molecule has 0 aliphatic heterocycles. The first kappa shape index (κ1) is 6.58. The van der Waals surface area contributed by atoms with E-state index in [1.807, 2.05) is 6.07 Å². The van der Waals surface area contributed by atoms with Gasteiger partial charge in [0.2, 0.25) is 0 Å². The van der Waals surface area contributed by atoms with E-state index < -0.39 is 0 Å². The third kappa shape index (κ3) is 0.806. The lowest BCUT2D eigenvalue weighted by Gasteiger charge is -1.87. The maximum absolute atomic E-state index is 8.47. The summed E-state index contributed by atoms with van der Waals surface area (Å²) >= 11 is 0. The molecular formula is C5H7N5. The number of nitriles is 1. The largest absolute Gasteiger partial charge is 0.381 e. The molecule has 1 aromatic heterocycles. The molecule has 1 heterocycles. The van der Waals surface area contributed by atoms with Gasteiger partial charge in [0, 0.05) is 6.54 Å². The monoisotopic (exact) mass is 137 g/mol. The van der Waals surface area contributed by atoms with E-state index in [4.69, 9.17) is 16.7 Å². The van der Waals surface area contributed by atoms with Crippen LogP contribution >= 0.6 is 0 Å². The molecule has 0 fully saturated rings. The Labute approximate surface area is 57.6 Å². The van der Waals surface area contributed by atoms with E-state index in [9.17, 15) is 0 Å². The van der Waals surface area contributed by atoms with Gasteiger partial charge in [-0.2, -0.15) is 10.4 Å².